The molecule has 124 valence electrons. The number of amides is 1. The average Bonchev–Trinajstić information content (AvgIpc) is 2.96. The molecule has 1 heterocycles. The van der Waals surface area contributed by atoms with E-state index in [2.05, 4.69) is 0 Å². The Labute approximate surface area is 138 Å². The van der Waals surface area contributed by atoms with Gasteiger partial charge in [-0.3, -0.25) is 14.9 Å². The van der Waals surface area contributed by atoms with E-state index in [1.165, 1.54) is 41.3 Å². The minimum atomic E-state index is -3.42. The van der Waals surface area contributed by atoms with E-state index >= 15 is 0 Å². The van der Waals surface area contributed by atoms with Gasteiger partial charge in [-0.1, -0.05) is 12.1 Å². The SMILES string of the molecule is CS(=O)(=O)c1cccc(C(=O)N2CCc3ccc([N+](=O)[O-])cc32)c1. The van der Waals surface area contributed by atoms with E-state index in [1.807, 2.05) is 0 Å². The molecule has 0 saturated heterocycles. The highest BCUT2D eigenvalue weighted by Crippen LogP contribution is 2.32. The lowest BCUT2D eigenvalue weighted by molar-refractivity contribution is -0.384. The number of hydrogen-bond donors (Lipinski definition) is 0. The van der Waals surface area contributed by atoms with Crippen LogP contribution in [0.1, 0.15) is 15.9 Å². The molecule has 0 N–H and O–H groups in total. The molecule has 0 unspecified atom stereocenters. The van der Waals surface area contributed by atoms with Gasteiger partial charge in [0, 0.05) is 30.5 Å². The van der Waals surface area contributed by atoms with Crippen molar-refractivity contribution in [2.45, 2.75) is 11.3 Å². The third kappa shape index (κ3) is 2.88. The average molecular weight is 346 g/mol. The number of fused-ring (bicyclic) bond motifs is 1. The summed E-state index contributed by atoms with van der Waals surface area (Å²) in [7, 11) is -3.42. The smallest absolute Gasteiger partial charge is 0.271 e. The highest BCUT2D eigenvalue weighted by atomic mass is 32.2. The van der Waals surface area contributed by atoms with Gasteiger partial charge in [-0.05, 0) is 30.2 Å². The molecule has 0 aliphatic carbocycles. The monoisotopic (exact) mass is 346 g/mol. The minimum Gasteiger partial charge on any atom is -0.307 e. The standard InChI is InChI=1S/C16H14N2O5S/c1-24(22,23)14-4-2-3-12(9-14)16(19)17-8-7-11-5-6-13(18(20)21)10-15(11)17/h2-6,9-10H,7-8H2,1H3. The molecule has 2 aromatic rings. The predicted molar refractivity (Wildman–Crippen MR) is 88.0 cm³/mol. The summed E-state index contributed by atoms with van der Waals surface area (Å²) in [5.41, 5.74) is 1.50. The Morgan fingerprint density at radius 3 is 2.62 bits per heavy atom. The fourth-order valence-electron chi connectivity index (χ4n) is 2.71. The summed E-state index contributed by atoms with van der Waals surface area (Å²) in [6.45, 7) is 0.401. The first-order valence-electron chi connectivity index (χ1n) is 7.16. The molecular formula is C16H14N2O5S. The van der Waals surface area contributed by atoms with Crippen LogP contribution in [0.15, 0.2) is 47.4 Å². The number of benzene rings is 2. The molecule has 1 aliphatic rings. The first-order chi connectivity index (χ1) is 11.3. The lowest BCUT2D eigenvalue weighted by Crippen LogP contribution is -2.29. The van der Waals surface area contributed by atoms with E-state index in [9.17, 15) is 23.3 Å². The number of anilines is 1. The third-order valence-corrected chi connectivity index (χ3v) is 5.04. The normalized spacial score (nSPS) is 13.6. The van der Waals surface area contributed by atoms with Crippen LogP contribution in [0.2, 0.25) is 0 Å². The lowest BCUT2D eigenvalue weighted by Gasteiger charge is -2.17. The Morgan fingerprint density at radius 2 is 1.96 bits per heavy atom. The Balaban J connectivity index is 1.99. The first kappa shape index (κ1) is 16.1. The summed E-state index contributed by atoms with van der Waals surface area (Å²) in [6.07, 6.45) is 1.68. The fraction of sp³-hybridized carbons (Fsp3) is 0.188. The second-order valence-corrected chi connectivity index (χ2v) is 7.59. The summed E-state index contributed by atoms with van der Waals surface area (Å²) < 4.78 is 23.3. The number of rotatable bonds is 3. The van der Waals surface area contributed by atoms with Gasteiger partial charge in [0.15, 0.2) is 9.84 Å². The summed E-state index contributed by atoms with van der Waals surface area (Å²) >= 11 is 0. The van der Waals surface area contributed by atoms with Gasteiger partial charge in [0.1, 0.15) is 0 Å². The van der Waals surface area contributed by atoms with Crippen molar-refractivity contribution in [3.05, 3.63) is 63.7 Å². The van der Waals surface area contributed by atoms with Crippen LogP contribution in [-0.2, 0) is 16.3 Å². The van der Waals surface area contributed by atoms with Gasteiger partial charge >= 0.3 is 0 Å². The number of nitro benzene ring substituents is 1. The van der Waals surface area contributed by atoms with Gasteiger partial charge < -0.3 is 4.90 Å². The van der Waals surface area contributed by atoms with Crippen LogP contribution < -0.4 is 4.90 Å². The second kappa shape index (κ2) is 5.72. The molecule has 7 nitrogen and oxygen atoms in total. The second-order valence-electron chi connectivity index (χ2n) is 5.58. The van der Waals surface area contributed by atoms with Gasteiger partial charge in [-0.2, -0.15) is 0 Å². The van der Waals surface area contributed by atoms with Crippen LogP contribution in [0, 0.1) is 10.1 Å². The maximum atomic E-state index is 12.7. The van der Waals surface area contributed by atoms with E-state index in [1.54, 1.807) is 6.07 Å². The molecule has 0 atom stereocenters. The van der Waals surface area contributed by atoms with Crippen LogP contribution in [0.3, 0.4) is 0 Å². The number of sulfone groups is 1. The molecule has 0 fully saturated rings. The number of carbonyl (C=O) groups is 1. The van der Waals surface area contributed by atoms with Crippen molar-refractivity contribution >= 4 is 27.1 Å². The van der Waals surface area contributed by atoms with E-state index in [0.29, 0.717) is 18.7 Å². The largest absolute Gasteiger partial charge is 0.307 e. The van der Waals surface area contributed by atoms with Gasteiger partial charge in [0.05, 0.1) is 15.5 Å². The lowest BCUT2D eigenvalue weighted by atomic mass is 10.1. The Morgan fingerprint density at radius 1 is 1.21 bits per heavy atom. The molecule has 0 saturated carbocycles. The Hall–Kier alpha value is -2.74. The molecule has 1 aliphatic heterocycles. The number of nitrogens with zero attached hydrogens (tertiary/aromatic N) is 2. The quantitative estimate of drug-likeness (QED) is 0.627. The highest BCUT2D eigenvalue weighted by molar-refractivity contribution is 7.90. The number of non-ortho nitro benzene ring substituents is 1. The summed E-state index contributed by atoms with van der Waals surface area (Å²) in [5.74, 6) is -0.375. The van der Waals surface area contributed by atoms with Crippen molar-refractivity contribution in [1.82, 2.24) is 0 Å². The predicted octanol–water partition coefficient (Wildman–Crippen LogP) is 2.20. The molecular weight excluding hydrogens is 332 g/mol. The molecule has 0 spiro atoms. The molecule has 1 amide bonds. The van der Waals surface area contributed by atoms with E-state index in [0.717, 1.165) is 11.8 Å². The Kier molecular flexibility index (Phi) is 3.84. The van der Waals surface area contributed by atoms with E-state index < -0.39 is 14.8 Å². The third-order valence-electron chi connectivity index (χ3n) is 3.93. The Bertz CT molecular complexity index is 953. The minimum absolute atomic E-state index is 0.0619. The number of hydrogen-bond acceptors (Lipinski definition) is 5. The van der Waals surface area contributed by atoms with Crippen LogP contribution in [0.5, 0.6) is 0 Å². The van der Waals surface area contributed by atoms with E-state index in [-0.39, 0.29) is 22.1 Å². The van der Waals surface area contributed by atoms with Crippen molar-refractivity contribution < 1.29 is 18.1 Å². The zero-order chi connectivity index (χ0) is 17.5. The molecule has 0 aromatic heterocycles. The number of nitro groups is 1. The maximum Gasteiger partial charge on any atom is 0.271 e. The molecule has 8 heteroatoms. The van der Waals surface area contributed by atoms with Gasteiger partial charge in [-0.25, -0.2) is 8.42 Å². The van der Waals surface area contributed by atoms with Gasteiger partial charge in [-0.15, -0.1) is 0 Å². The van der Waals surface area contributed by atoms with E-state index in [4.69, 9.17) is 0 Å². The topological polar surface area (TPSA) is 97.6 Å². The van der Waals surface area contributed by atoms with Crippen molar-refractivity contribution in [2.24, 2.45) is 0 Å². The van der Waals surface area contributed by atoms with Crippen molar-refractivity contribution in [3.8, 4) is 0 Å². The molecule has 2 aromatic carbocycles. The van der Waals surface area contributed by atoms with Crippen molar-refractivity contribution in [2.75, 3.05) is 17.7 Å². The van der Waals surface area contributed by atoms with Crippen LogP contribution in [0.4, 0.5) is 11.4 Å². The molecule has 0 bridgehead atoms. The van der Waals surface area contributed by atoms with Crippen molar-refractivity contribution in [3.63, 3.8) is 0 Å². The summed E-state index contributed by atoms with van der Waals surface area (Å²) in [6, 6.07) is 10.2. The first-order valence-corrected chi connectivity index (χ1v) is 9.06. The molecule has 0 radical (unpaired) electrons. The summed E-state index contributed by atoms with van der Waals surface area (Å²) in [4.78, 5) is 24.7. The van der Waals surface area contributed by atoms with Crippen LogP contribution >= 0.6 is 0 Å². The fourth-order valence-corrected chi connectivity index (χ4v) is 3.37. The van der Waals surface area contributed by atoms with Crippen LogP contribution in [-0.4, -0.2) is 32.0 Å². The van der Waals surface area contributed by atoms with Crippen LogP contribution in [0.25, 0.3) is 0 Å². The zero-order valence-corrected chi connectivity index (χ0v) is 13.6. The van der Waals surface area contributed by atoms with Gasteiger partial charge in [0.2, 0.25) is 0 Å². The zero-order valence-electron chi connectivity index (χ0n) is 12.8. The maximum absolute atomic E-state index is 12.7. The number of carbonyl (C=O) groups excluding carboxylic acids is 1. The highest BCUT2D eigenvalue weighted by Gasteiger charge is 2.28. The van der Waals surface area contributed by atoms with Gasteiger partial charge in [0.25, 0.3) is 11.6 Å². The molecule has 3 rings (SSSR count). The summed E-state index contributed by atoms with van der Waals surface area (Å²) in [5, 5.41) is 10.9. The molecule has 24 heavy (non-hydrogen) atoms. The van der Waals surface area contributed by atoms with Crippen molar-refractivity contribution in [1.29, 1.82) is 0 Å².